The molecule has 0 bridgehead atoms. The molecule has 1 saturated heterocycles. The van der Waals surface area contributed by atoms with Crippen molar-refractivity contribution < 1.29 is 9.18 Å². The lowest BCUT2D eigenvalue weighted by Gasteiger charge is -2.29. The van der Waals surface area contributed by atoms with Crippen LogP contribution in [0.3, 0.4) is 0 Å². The van der Waals surface area contributed by atoms with E-state index in [0.29, 0.717) is 5.69 Å². The lowest BCUT2D eigenvalue weighted by atomic mass is 9.91. The van der Waals surface area contributed by atoms with Gasteiger partial charge in [-0.05, 0) is 18.9 Å². The predicted molar refractivity (Wildman–Crippen MR) is 61.2 cm³/mol. The van der Waals surface area contributed by atoms with Gasteiger partial charge in [-0.2, -0.15) is 4.39 Å². The first kappa shape index (κ1) is 10.5. The second-order valence-electron chi connectivity index (χ2n) is 4.61. The van der Waals surface area contributed by atoms with Crippen LogP contribution in [0.1, 0.15) is 25.7 Å². The fourth-order valence-corrected chi connectivity index (χ4v) is 2.82. The topological polar surface area (TPSA) is 45.2 Å². The molecule has 2 heterocycles. The second kappa shape index (κ2) is 3.98. The normalized spacial score (nSPS) is 27.8. The van der Waals surface area contributed by atoms with Gasteiger partial charge in [-0.3, -0.25) is 4.90 Å². The summed E-state index contributed by atoms with van der Waals surface area (Å²) < 4.78 is 13.1. The molecular weight excluding hydrogens is 221 g/mol. The summed E-state index contributed by atoms with van der Waals surface area (Å²) in [5.41, 5.74) is 0.601. The molecule has 2 atom stereocenters. The van der Waals surface area contributed by atoms with Gasteiger partial charge in [0, 0.05) is 12.3 Å². The highest BCUT2D eigenvalue weighted by molar-refractivity contribution is 5.95. The number of rotatable bonds is 1. The highest BCUT2D eigenvalue weighted by Crippen LogP contribution is 2.31. The van der Waals surface area contributed by atoms with Gasteiger partial charge in [-0.15, -0.1) is 0 Å². The highest BCUT2D eigenvalue weighted by Gasteiger charge is 2.41. The van der Waals surface area contributed by atoms with Crippen LogP contribution in [-0.4, -0.2) is 23.1 Å². The van der Waals surface area contributed by atoms with E-state index in [1.54, 1.807) is 11.0 Å². The number of urea groups is 1. The molecule has 4 nitrogen and oxygen atoms in total. The number of anilines is 1. The Morgan fingerprint density at radius 2 is 2.24 bits per heavy atom. The van der Waals surface area contributed by atoms with Crippen molar-refractivity contribution in [3.8, 4) is 0 Å². The molecule has 0 radical (unpaired) electrons. The third-order valence-corrected chi connectivity index (χ3v) is 3.58. The molecule has 1 saturated carbocycles. The summed E-state index contributed by atoms with van der Waals surface area (Å²) in [6.45, 7) is 0. The Hall–Kier alpha value is -1.65. The summed E-state index contributed by atoms with van der Waals surface area (Å²) in [7, 11) is 0. The quantitative estimate of drug-likeness (QED) is 0.757. The highest BCUT2D eigenvalue weighted by atomic mass is 19.1. The number of nitrogens with one attached hydrogen (secondary N) is 1. The van der Waals surface area contributed by atoms with Gasteiger partial charge in [0.1, 0.15) is 0 Å². The molecule has 3 rings (SSSR count). The van der Waals surface area contributed by atoms with Crippen molar-refractivity contribution in [2.45, 2.75) is 37.8 Å². The van der Waals surface area contributed by atoms with E-state index in [1.807, 2.05) is 0 Å². The molecule has 1 aliphatic carbocycles. The summed E-state index contributed by atoms with van der Waals surface area (Å²) in [5, 5.41) is 2.97. The molecule has 0 spiro atoms. The molecule has 2 unspecified atom stereocenters. The van der Waals surface area contributed by atoms with Crippen molar-refractivity contribution in [3.05, 3.63) is 24.3 Å². The van der Waals surface area contributed by atoms with Crippen molar-refractivity contribution in [2.75, 3.05) is 4.90 Å². The Balaban J connectivity index is 1.93. The van der Waals surface area contributed by atoms with Crippen molar-refractivity contribution in [1.29, 1.82) is 0 Å². The zero-order valence-electron chi connectivity index (χ0n) is 9.40. The number of hydrogen-bond acceptors (Lipinski definition) is 2. The van der Waals surface area contributed by atoms with E-state index in [2.05, 4.69) is 10.3 Å². The Morgan fingerprint density at radius 1 is 1.41 bits per heavy atom. The molecule has 5 heteroatoms. The van der Waals surface area contributed by atoms with Crippen LogP contribution in [0.2, 0.25) is 0 Å². The zero-order valence-corrected chi connectivity index (χ0v) is 9.40. The average Bonchev–Trinajstić information content (AvgIpc) is 2.64. The van der Waals surface area contributed by atoms with E-state index in [1.165, 1.54) is 12.3 Å². The first-order valence-electron chi connectivity index (χ1n) is 5.97. The number of carbonyl (C=O) groups excluding carboxylic acids is 1. The van der Waals surface area contributed by atoms with Gasteiger partial charge in [-0.25, -0.2) is 9.78 Å². The molecular formula is C12H14FN3O. The average molecular weight is 235 g/mol. The van der Waals surface area contributed by atoms with Crippen LogP contribution in [0.5, 0.6) is 0 Å². The molecule has 90 valence electrons. The summed E-state index contributed by atoms with van der Waals surface area (Å²) in [6, 6.07) is 3.26. The summed E-state index contributed by atoms with van der Waals surface area (Å²) in [4.78, 5) is 17.1. The number of carbonyl (C=O) groups is 1. The van der Waals surface area contributed by atoms with E-state index in [0.717, 1.165) is 25.7 Å². The van der Waals surface area contributed by atoms with Gasteiger partial charge in [0.05, 0.1) is 17.8 Å². The Bertz CT molecular complexity index is 451. The fourth-order valence-electron chi connectivity index (χ4n) is 2.82. The van der Waals surface area contributed by atoms with Gasteiger partial charge in [-0.1, -0.05) is 12.8 Å². The maximum atomic E-state index is 13.1. The Labute approximate surface area is 98.8 Å². The number of aromatic nitrogens is 1. The van der Waals surface area contributed by atoms with E-state index in [4.69, 9.17) is 0 Å². The smallest absolute Gasteiger partial charge is 0.322 e. The molecule has 2 aliphatic rings. The SMILES string of the molecule is O=C1NC2CCCCC2N1c1ccnc(F)c1. The summed E-state index contributed by atoms with van der Waals surface area (Å²) in [6.07, 6.45) is 5.67. The van der Waals surface area contributed by atoms with Crippen LogP contribution in [0.15, 0.2) is 18.3 Å². The molecule has 1 aliphatic heterocycles. The minimum atomic E-state index is -0.547. The molecule has 2 fully saturated rings. The number of fused-ring (bicyclic) bond motifs is 1. The largest absolute Gasteiger partial charge is 0.333 e. The summed E-state index contributed by atoms with van der Waals surface area (Å²) >= 11 is 0. The van der Waals surface area contributed by atoms with Crippen LogP contribution >= 0.6 is 0 Å². The molecule has 1 N–H and O–H groups in total. The van der Waals surface area contributed by atoms with E-state index >= 15 is 0 Å². The molecule has 1 aromatic rings. The first-order valence-corrected chi connectivity index (χ1v) is 5.97. The molecule has 1 aromatic heterocycles. The summed E-state index contributed by atoms with van der Waals surface area (Å²) in [5.74, 6) is -0.547. The van der Waals surface area contributed by atoms with Crippen LogP contribution in [-0.2, 0) is 0 Å². The van der Waals surface area contributed by atoms with E-state index in [9.17, 15) is 9.18 Å². The van der Waals surface area contributed by atoms with Crippen LogP contribution in [0.25, 0.3) is 0 Å². The number of hydrogen-bond donors (Lipinski definition) is 1. The predicted octanol–water partition coefficient (Wildman–Crippen LogP) is 2.06. The monoisotopic (exact) mass is 235 g/mol. The third kappa shape index (κ3) is 1.75. The Kier molecular flexibility index (Phi) is 2.46. The fraction of sp³-hybridized carbons (Fsp3) is 0.500. The third-order valence-electron chi connectivity index (χ3n) is 3.58. The number of halogens is 1. The van der Waals surface area contributed by atoms with Crippen LogP contribution in [0.4, 0.5) is 14.9 Å². The van der Waals surface area contributed by atoms with Gasteiger partial charge in [0.15, 0.2) is 0 Å². The lowest BCUT2D eigenvalue weighted by Crippen LogP contribution is -2.39. The van der Waals surface area contributed by atoms with Crippen molar-refractivity contribution in [2.24, 2.45) is 0 Å². The van der Waals surface area contributed by atoms with Gasteiger partial charge in [0.2, 0.25) is 5.95 Å². The van der Waals surface area contributed by atoms with Crippen LogP contribution in [0, 0.1) is 5.95 Å². The van der Waals surface area contributed by atoms with Crippen molar-refractivity contribution in [3.63, 3.8) is 0 Å². The standard InChI is InChI=1S/C12H14FN3O/c13-11-7-8(5-6-14-11)16-10-4-2-1-3-9(10)15-12(16)17/h5-7,9-10H,1-4H2,(H,15,17). The van der Waals surface area contributed by atoms with E-state index < -0.39 is 5.95 Å². The molecule has 2 amide bonds. The Morgan fingerprint density at radius 3 is 3.06 bits per heavy atom. The van der Waals surface area contributed by atoms with Crippen molar-refractivity contribution in [1.82, 2.24) is 10.3 Å². The maximum absolute atomic E-state index is 13.1. The molecule has 17 heavy (non-hydrogen) atoms. The minimum absolute atomic E-state index is 0.118. The zero-order chi connectivity index (χ0) is 11.8. The van der Waals surface area contributed by atoms with Gasteiger partial charge < -0.3 is 5.32 Å². The minimum Gasteiger partial charge on any atom is -0.333 e. The van der Waals surface area contributed by atoms with Gasteiger partial charge in [0.25, 0.3) is 0 Å². The van der Waals surface area contributed by atoms with Crippen LogP contribution < -0.4 is 10.2 Å². The number of nitrogens with zero attached hydrogens (tertiary/aromatic N) is 2. The second-order valence-corrected chi connectivity index (χ2v) is 4.61. The first-order chi connectivity index (χ1) is 8.25. The number of amides is 2. The lowest BCUT2D eigenvalue weighted by molar-refractivity contribution is 0.250. The van der Waals surface area contributed by atoms with E-state index in [-0.39, 0.29) is 18.1 Å². The molecule has 0 aromatic carbocycles. The maximum Gasteiger partial charge on any atom is 0.322 e. The van der Waals surface area contributed by atoms with Crippen molar-refractivity contribution >= 4 is 11.7 Å². The number of pyridine rings is 1. The van der Waals surface area contributed by atoms with Gasteiger partial charge >= 0.3 is 6.03 Å².